The number of halogens is 4. The van der Waals surface area contributed by atoms with Gasteiger partial charge in [-0.05, 0) is 48.0 Å². The van der Waals surface area contributed by atoms with E-state index in [0.29, 0.717) is 43.3 Å². The van der Waals surface area contributed by atoms with Crippen molar-refractivity contribution in [3.05, 3.63) is 65.0 Å². The molecule has 7 nitrogen and oxygen atoms in total. The molecule has 2 atom stereocenters. The predicted octanol–water partition coefficient (Wildman–Crippen LogP) is 3.36. The van der Waals surface area contributed by atoms with Crippen molar-refractivity contribution in [1.82, 2.24) is 25.2 Å². The third kappa shape index (κ3) is 4.25. The summed E-state index contributed by atoms with van der Waals surface area (Å²) in [5.74, 6) is -1.26. The van der Waals surface area contributed by atoms with Gasteiger partial charge in [-0.15, -0.1) is 5.10 Å². The van der Waals surface area contributed by atoms with Crippen LogP contribution in [0, 0.1) is 17.7 Å². The fourth-order valence-corrected chi connectivity index (χ4v) is 4.64. The molecule has 0 saturated carbocycles. The Morgan fingerprint density at radius 3 is 2.41 bits per heavy atom. The highest BCUT2D eigenvalue weighted by Gasteiger charge is 2.42. The summed E-state index contributed by atoms with van der Waals surface area (Å²) >= 11 is 0. The van der Waals surface area contributed by atoms with Crippen molar-refractivity contribution in [1.29, 1.82) is 0 Å². The van der Waals surface area contributed by atoms with Crippen LogP contribution in [0.25, 0.3) is 17.1 Å². The van der Waals surface area contributed by atoms with Gasteiger partial charge < -0.3 is 9.80 Å². The molecule has 0 aliphatic carbocycles. The Morgan fingerprint density at radius 2 is 1.71 bits per heavy atom. The molecule has 1 N–H and O–H groups in total. The zero-order valence-electron chi connectivity index (χ0n) is 17.7. The summed E-state index contributed by atoms with van der Waals surface area (Å²) in [6.45, 7) is 1.90. The molecule has 0 bridgehead atoms. The molecule has 2 amide bonds. The lowest BCUT2D eigenvalue weighted by atomic mass is 10.0. The van der Waals surface area contributed by atoms with Crippen molar-refractivity contribution >= 4 is 28.9 Å². The number of benzene rings is 2. The van der Waals surface area contributed by atoms with Crippen LogP contribution in [-0.4, -0.2) is 63.2 Å². The van der Waals surface area contributed by atoms with Gasteiger partial charge in [0.1, 0.15) is 11.3 Å². The molecule has 5 rings (SSSR count). The van der Waals surface area contributed by atoms with Gasteiger partial charge in [0.15, 0.2) is 0 Å². The number of nitrogens with zero attached hydrogens (tertiary/aromatic N) is 4. The maximum atomic E-state index is 13.6. The largest absolute Gasteiger partial charge is 0.416 e. The Hall–Kier alpha value is -3.76. The van der Waals surface area contributed by atoms with Gasteiger partial charge in [-0.1, -0.05) is 5.21 Å². The van der Waals surface area contributed by atoms with Gasteiger partial charge in [0.2, 0.25) is 5.91 Å². The van der Waals surface area contributed by atoms with Gasteiger partial charge in [-0.2, -0.15) is 13.2 Å². The zero-order valence-corrected chi connectivity index (χ0v) is 17.7. The number of aromatic amines is 1. The summed E-state index contributed by atoms with van der Waals surface area (Å²) in [7, 11) is 0. The number of hydrogen-bond acceptors (Lipinski definition) is 4. The van der Waals surface area contributed by atoms with Gasteiger partial charge in [0.05, 0.1) is 11.1 Å². The first kappa shape index (κ1) is 22.1. The van der Waals surface area contributed by atoms with Crippen LogP contribution in [-0.2, 0) is 11.0 Å². The van der Waals surface area contributed by atoms with E-state index in [1.165, 1.54) is 6.08 Å². The normalized spacial score (nSPS) is 20.5. The minimum Gasteiger partial charge on any atom is -0.338 e. The van der Waals surface area contributed by atoms with Crippen LogP contribution >= 0.6 is 0 Å². The lowest BCUT2D eigenvalue weighted by Crippen LogP contribution is -2.35. The van der Waals surface area contributed by atoms with Crippen LogP contribution in [0.4, 0.5) is 17.6 Å². The van der Waals surface area contributed by atoms with Gasteiger partial charge in [0, 0.05) is 49.7 Å². The van der Waals surface area contributed by atoms with E-state index in [4.69, 9.17) is 0 Å². The Kier molecular flexibility index (Phi) is 5.34. The van der Waals surface area contributed by atoms with Crippen molar-refractivity contribution in [2.45, 2.75) is 6.18 Å². The second-order valence-corrected chi connectivity index (χ2v) is 8.62. The minimum atomic E-state index is -4.68. The van der Waals surface area contributed by atoms with Crippen molar-refractivity contribution in [2.75, 3.05) is 26.2 Å². The molecule has 0 unspecified atom stereocenters. The van der Waals surface area contributed by atoms with Gasteiger partial charge in [0.25, 0.3) is 5.91 Å². The predicted molar refractivity (Wildman–Crippen MR) is 114 cm³/mol. The molecule has 2 saturated heterocycles. The molecule has 11 heteroatoms. The molecule has 0 radical (unpaired) electrons. The lowest BCUT2D eigenvalue weighted by Gasteiger charge is -2.21. The second-order valence-electron chi connectivity index (χ2n) is 8.62. The van der Waals surface area contributed by atoms with Gasteiger partial charge in [-0.25, -0.2) is 4.39 Å². The summed E-state index contributed by atoms with van der Waals surface area (Å²) in [6.07, 6.45) is -2.33. The number of hydrogen-bond donors (Lipinski definition) is 1. The maximum absolute atomic E-state index is 13.6. The van der Waals surface area contributed by atoms with E-state index in [-0.39, 0.29) is 29.2 Å². The molecule has 2 aliphatic rings. The minimum absolute atomic E-state index is 0.0408. The highest BCUT2D eigenvalue weighted by Crippen LogP contribution is 2.33. The first-order valence-corrected chi connectivity index (χ1v) is 10.6. The number of likely N-dealkylation sites (tertiary alicyclic amines) is 2. The molecular weight excluding hydrogens is 454 g/mol. The average molecular weight is 473 g/mol. The zero-order chi connectivity index (χ0) is 24.0. The third-order valence-electron chi connectivity index (χ3n) is 6.32. The summed E-state index contributed by atoms with van der Waals surface area (Å²) in [6, 6.07) is 7.31. The summed E-state index contributed by atoms with van der Waals surface area (Å²) in [5.41, 5.74) is 0.716. The van der Waals surface area contributed by atoms with E-state index < -0.39 is 17.6 Å². The van der Waals surface area contributed by atoms with E-state index >= 15 is 0 Å². The van der Waals surface area contributed by atoms with Crippen molar-refractivity contribution < 1.29 is 27.2 Å². The topological polar surface area (TPSA) is 82.2 Å². The highest BCUT2D eigenvalue weighted by molar-refractivity contribution is 5.97. The Balaban J connectivity index is 1.21. The Bertz CT molecular complexity index is 1290. The van der Waals surface area contributed by atoms with Crippen LogP contribution in [0.5, 0.6) is 0 Å². The summed E-state index contributed by atoms with van der Waals surface area (Å²) in [4.78, 5) is 28.9. The van der Waals surface area contributed by atoms with Crippen LogP contribution in [0.3, 0.4) is 0 Å². The van der Waals surface area contributed by atoms with E-state index in [1.807, 2.05) is 0 Å². The highest BCUT2D eigenvalue weighted by atomic mass is 19.4. The molecule has 176 valence electrons. The number of carbonyl (C=O) groups excluding carboxylic acids is 2. The van der Waals surface area contributed by atoms with E-state index in [0.717, 1.165) is 23.7 Å². The molecule has 1 aromatic heterocycles. The molecule has 2 fully saturated rings. The first-order valence-electron chi connectivity index (χ1n) is 10.6. The quantitative estimate of drug-likeness (QED) is 0.467. The maximum Gasteiger partial charge on any atom is 0.416 e. The van der Waals surface area contributed by atoms with Crippen LogP contribution in [0.15, 0.2) is 42.5 Å². The molecule has 0 spiro atoms. The standard InChI is InChI=1S/C23H19F4N5O2/c24-18-6-13(5-17(8-18)23(25,26)27)1-4-21(33)31-9-15-11-32(12-16(15)10-31)22(34)14-2-3-19-20(7-14)29-30-28-19/h1-8,15-16H,9-12H2,(H,28,29,30)/b4-1+/t15-,16+. The van der Waals surface area contributed by atoms with Crippen molar-refractivity contribution in [2.24, 2.45) is 11.8 Å². The molecule has 2 aromatic carbocycles. The van der Waals surface area contributed by atoms with Crippen molar-refractivity contribution in [3.63, 3.8) is 0 Å². The SMILES string of the molecule is O=C(/C=C/c1cc(F)cc(C(F)(F)F)c1)N1C[C@@H]2CN(C(=O)c3ccc4[nH]nnc4c3)C[C@@H]2C1. The van der Waals surface area contributed by atoms with E-state index in [9.17, 15) is 27.2 Å². The van der Waals surface area contributed by atoms with Crippen LogP contribution < -0.4 is 0 Å². The molecule has 3 aromatic rings. The number of fused-ring (bicyclic) bond motifs is 2. The Morgan fingerprint density at radius 1 is 1.00 bits per heavy atom. The number of aromatic nitrogens is 3. The first-order chi connectivity index (χ1) is 16.2. The third-order valence-corrected chi connectivity index (χ3v) is 6.32. The molecule has 3 heterocycles. The molecule has 2 aliphatic heterocycles. The Labute approximate surface area is 191 Å². The number of alkyl halides is 3. The monoisotopic (exact) mass is 473 g/mol. The average Bonchev–Trinajstić information content (AvgIpc) is 3.50. The fraction of sp³-hybridized carbons (Fsp3) is 0.304. The molecule has 34 heavy (non-hydrogen) atoms. The number of nitrogens with one attached hydrogen (secondary N) is 1. The van der Waals surface area contributed by atoms with Crippen LogP contribution in [0.1, 0.15) is 21.5 Å². The van der Waals surface area contributed by atoms with Gasteiger partial charge in [-0.3, -0.25) is 14.7 Å². The van der Waals surface area contributed by atoms with Gasteiger partial charge >= 0.3 is 6.18 Å². The molecular formula is C23H19F4N5O2. The number of H-pyrrole nitrogens is 1. The number of rotatable bonds is 3. The fourth-order valence-electron chi connectivity index (χ4n) is 4.64. The lowest BCUT2D eigenvalue weighted by molar-refractivity contribution is -0.137. The van der Waals surface area contributed by atoms with Crippen molar-refractivity contribution in [3.8, 4) is 0 Å². The second kappa shape index (κ2) is 8.23. The van der Waals surface area contributed by atoms with Crippen LogP contribution in [0.2, 0.25) is 0 Å². The number of carbonyl (C=O) groups is 2. The summed E-state index contributed by atoms with van der Waals surface area (Å²) in [5, 5.41) is 10.4. The van der Waals surface area contributed by atoms with E-state index in [1.54, 1.807) is 28.0 Å². The van der Waals surface area contributed by atoms with E-state index in [2.05, 4.69) is 15.4 Å². The number of amides is 2. The smallest absolute Gasteiger partial charge is 0.338 e. The summed E-state index contributed by atoms with van der Waals surface area (Å²) < 4.78 is 52.2.